The molecular weight excluding hydrogens is 112 g/mol. The molecule has 0 amide bonds. The summed E-state index contributed by atoms with van der Waals surface area (Å²) in [4.78, 5) is 0. The molecular formula is C8H12O. The largest absolute Gasteiger partial charge is 0.494 e. The summed E-state index contributed by atoms with van der Waals surface area (Å²) in [5.74, 6) is 1.32. The van der Waals surface area contributed by atoms with Crippen LogP contribution in [0.1, 0.15) is 32.6 Å². The van der Waals surface area contributed by atoms with E-state index in [-0.39, 0.29) is 0 Å². The molecule has 2 rings (SSSR count). The smallest absolute Gasteiger partial charge is 0.102 e. The summed E-state index contributed by atoms with van der Waals surface area (Å²) in [5, 5.41) is 0. The van der Waals surface area contributed by atoms with E-state index >= 15 is 0 Å². The first kappa shape index (κ1) is 5.33. The molecule has 9 heavy (non-hydrogen) atoms. The van der Waals surface area contributed by atoms with Crippen molar-refractivity contribution in [2.24, 2.45) is 0 Å². The van der Waals surface area contributed by atoms with E-state index in [1.807, 2.05) is 0 Å². The van der Waals surface area contributed by atoms with Crippen LogP contribution in [0, 0.1) is 0 Å². The van der Waals surface area contributed by atoms with Gasteiger partial charge in [-0.05, 0) is 18.4 Å². The van der Waals surface area contributed by atoms with Crippen LogP contribution in [-0.4, -0.2) is 6.10 Å². The normalized spacial score (nSPS) is 31.4. The van der Waals surface area contributed by atoms with Crippen LogP contribution in [0.2, 0.25) is 0 Å². The van der Waals surface area contributed by atoms with Gasteiger partial charge in [-0.25, -0.2) is 0 Å². The van der Waals surface area contributed by atoms with Crippen molar-refractivity contribution in [2.75, 3.05) is 0 Å². The summed E-state index contributed by atoms with van der Waals surface area (Å²) < 4.78 is 5.56. The van der Waals surface area contributed by atoms with Crippen LogP contribution in [0.25, 0.3) is 0 Å². The SMILES string of the molecule is CCC1=C2CCC(C1)O2. The molecule has 2 aliphatic heterocycles. The molecule has 0 aromatic heterocycles. The lowest BCUT2D eigenvalue weighted by atomic mass is 9.98. The van der Waals surface area contributed by atoms with E-state index in [0.717, 1.165) is 0 Å². The molecule has 1 atom stereocenters. The van der Waals surface area contributed by atoms with Gasteiger partial charge in [-0.2, -0.15) is 0 Å². The summed E-state index contributed by atoms with van der Waals surface area (Å²) in [6, 6.07) is 0. The highest BCUT2D eigenvalue weighted by atomic mass is 16.5. The molecule has 1 saturated heterocycles. The van der Waals surface area contributed by atoms with Crippen molar-refractivity contribution in [2.45, 2.75) is 38.7 Å². The van der Waals surface area contributed by atoms with Crippen LogP contribution >= 0.6 is 0 Å². The molecule has 1 unspecified atom stereocenters. The highest BCUT2D eigenvalue weighted by Gasteiger charge is 2.30. The number of allylic oxidation sites excluding steroid dienone is 1. The third-order valence-corrected chi connectivity index (χ3v) is 2.30. The van der Waals surface area contributed by atoms with Gasteiger partial charge in [0, 0.05) is 12.8 Å². The number of hydrogen-bond acceptors (Lipinski definition) is 1. The van der Waals surface area contributed by atoms with Gasteiger partial charge in [0.05, 0.1) is 5.76 Å². The molecule has 1 heteroatoms. The Balaban J connectivity index is 2.22. The van der Waals surface area contributed by atoms with E-state index in [4.69, 9.17) is 4.74 Å². The van der Waals surface area contributed by atoms with Crippen molar-refractivity contribution in [1.29, 1.82) is 0 Å². The van der Waals surface area contributed by atoms with Crippen molar-refractivity contribution in [3.05, 3.63) is 11.3 Å². The van der Waals surface area contributed by atoms with Gasteiger partial charge in [0.2, 0.25) is 0 Å². The Hall–Kier alpha value is -0.460. The number of rotatable bonds is 1. The van der Waals surface area contributed by atoms with Crippen LogP contribution in [0.3, 0.4) is 0 Å². The van der Waals surface area contributed by atoms with Gasteiger partial charge in [0.1, 0.15) is 6.10 Å². The Morgan fingerprint density at radius 1 is 1.67 bits per heavy atom. The second kappa shape index (κ2) is 1.76. The topological polar surface area (TPSA) is 9.23 Å². The minimum atomic E-state index is 0.579. The van der Waals surface area contributed by atoms with E-state index in [1.54, 1.807) is 5.57 Å². The fourth-order valence-corrected chi connectivity index (χ4v) is 1.75. The molecule has 0 aliphatic carbocycles. The van der Waals surface area contributed by atoms with Gasteiger partial charge in [-0.1, -0.05) is 6.92 Å². The van der Waals surface area contributed by atoms with E-state index in [2.05, 4.69) is 6.92 Å². The van der Waals surface area contributed by atoms with E-state index in [1.165, 1.54) is 31.4 Å². The standard InChI is InChI=1S/C8H12O/c1-2-6-5-7-3-4-8(6)9-7/h7H,2-5H2,1H3. The zero-order valence-corrected chi connectivity index (χ0v) is 5.81. The van der Waals surface area contributed by atoms with E-state index in [9.17, 15) is 0 Å². The van der Waals surface area contributed by atoms with Crippen LogP contribution < -0.4 is 0 Å². The number of ether oxygens (including phenoxy) is 1. The summed E-state index contributed by atoms with van der Waals surface area (Å²) in [6.07, 6.45) is 5.50. The Labute approximate surface area is 55.7 Å². The molecule has 50 valence electrons. The second-order valence-corrected chi connectivity index (χ2v) is 2.86. The van der Waals surface area contributed by atoms with Crippen LogP contribution in [0.15, 0.2) is 11.3 Å². The first-order valence-electron chi connectivity index (χ1n) is 3.77. The van der Waals surface area contributed by atoms with E-state index < -0.39 is 0 Å². The van der Waals surface area contributed by atoms with Gasteiger partial charge < -0.3 is 4.74 Å². The third kappa shape index (κ3) is 0.673. The van der Waals surface area contributed by atoms with Crippen molar-refractivity contribution in [3.8, 4) is 0 Å². The highest BCUT2D eigenvalue weighted by Crippen LogP contribution is 2.38. The van der Waals surface area contributed by atoms with Gasteiger partial charge >= 0.3 is 0 Å². The summed E-state index contributed by atoms with van der Waals surface area (Å²) in [5.41, 5.74) is 1.58. The van der Waals surface area contributed by atoms with Crippen molar-refractivity contribution in [1.82, 2.24) is 0 Å². The second-order valence-electron chi connectivity index (χ2n) is 2.86. The van der Waals surface area contributed by atoms with E-state index in [0.29, 0.717) is 6.10 Å². The molecule has 2 heterocycles. The zero-order valence-electron chi connectivity index (χ0n) is 5.81. The van der Waals surface area contributed by atoms with Crippen molar-refractivity contribution < 1.29 is 4.74 Å². The van der Waals surface area contributed by atoms with Crippen LogP contribution in [0.4, 0.5) is 0 Å². The molecule has 0 spiro atoms. The minimum Gasteiger partial charge on any atom is -0.494 e. The van der Waals surface area contributed by atoms with Crippen molar-refractivity contribution >= 4 is 0 Å². The lowest BCUT2D eigenvalue weighted by Crippen LogP contribution is -2.00. The predicted molar refractivity (Wildman–Crippen MR) is 36.0 cm³/mol. The Bertz CT molecular complexity index is 158. The molecule has 0 aromatic carbocycles. The Kier molecular flexibility index (Phi) is 1.04. The van der Waals surface area contributed by atoms with Gasteiger partial charge in [0.15, 0.2) is 0 Å². The maximum absolute atomic E-state index is 5.56. The molecule has 2 aliphatic rings. The number of hydrogen-bond donors (Lipinski definition) is 0. The first-order chi connectivity index (χ1) is 4.40. The van der Waals surface area contributed by atoms with Gasteiger partial charge in [-0.3, -0.25) is 0 Å². The predicted octanol–water partition coefficient (Wildman–Crippen LogP) is 2.23. The Morgan fingerprint density at radius 2 is 2.56 bits per heavy atom. The first-order valence-corrected chi connectivity index (χ1v) is 3.77. The summed E-state index contributed by atoms with van der Waals surface area (Å²) in [7, 11) is 0. The van der Waals surface area contributed by atoms with Crippen LogP contribution in [0.5, 0.6) is 0 Å². The lowest BCUT2D eigenvalue weighted by molar-refractivity contribution is 0.188. The summed E-state index contributed by atoms with van der Waals surface area (Å²) >= 11 is 0. The average Bonchev–Trinajstić information content (AvgIpc) is 2.45. The van der Waals surface area contributed by atoms with Gasteiger partial charge in [0.25, 0.3) is 0 Å². The Morgan fingerprint density at radius 3 is 2.89 bits per heavy atom. The van der Waals surface area contributed by atoms with Crippen molar-refractivity contribution in [3.63, 3.8) is 0 Å². The van der Waals surface area contributed by atoms with Gasteiger partial charge in [-0.15, -0.1) is 0 Å². The molecule has 1 fully saturated rings. The average molecular weight is 124 g/mol. The number of fused-ring (bicyclic) bond motifs is 2. The molecule has 1 nitrogen and oxygen atoms in total. The monoisotopic (exact) mass is 124 g/mol. The lowest BCUT2D eigenvalue weighted by Gasteiger charge is -2.02. The maximum Gasteiger partial charge on any atom is 0.102 e. The minimum absolute atomic E-state index is 0.579. The summed E-state index contributed by atoms with van der Waals surface area (Å²) in [6.45, 7) is 2.21. The molecule has 0 aromatic rings. The third-order valence-electron chi connectivity index (χ3n) is 2.30. The fraction of sp³-hybridized carbons (Fsp3) is 0.750. The molecule has 0 radical (unpaired) electrons. The zero-order chi connectivity index (χ0) is 6.27. The van der Waals surface area contributed by atoms with Crippen LogP contribution in [-0.2, 0) is 4.74 Å². The maximum atomic E-state index is 5.56. The highest BCUT2D eigenvalue weighted by molar-refractivity contribution is 5.19. The quantitative estimate of drug-likeness (QED) is 0.521. The molecule has 0 saturated carbocycles. The fourth-order valence-electron chi connectivity index (χ4n) is 1.75. The molecule has 2 bridgehead atoms. The molecule has 0 N–H and O–H groups in total.